The molecule has 0 unspecified atom stereocenters. The van der Waals surface area contributed by atoms with Crippen LogP contribution in [0.2, 0.25) is 0 Å². The molecule has 0 saturated carbocycles. The first kappa shape index (κ1) is 16.7. The molecule has 0 aromatic heterocycles. The SMILES string of the molecule is Cc1ccc(OCNC(=O)NCCc2ccc(O)cc2)cc1C. The van der Waals surface area contributed by atoms with E-state index in [1.165, 1.54) is 5.56 Å². The summed E-state index contributed by atoms with van der Waals surface area (Å²) in [5.41, 5.74) is 3.41. The van der Waals surface area contributed by atoms with Crippen molar-refractivity contribution in [3.05, 3.63) is 59.2 Å². The van der Waals surface area contributed by atoms with Gasteiger partial charge in [0.15, 0.2) is 6.73 Å². The van der Waals surface area contributed by atoms with Gasteiger partial charge in [-0.1, -0.05) is 18.2 Å². The van der Waals surface area contributed by atoms with Crippen LogP contribution in [-0.4, -0.2) is 24.4 Å². The number of aryl methyl sites for hydroxylation is 2. The predicted molar refractivity (Wildman–Crippen MR) is 89.8 cm³/mol. The Morgan fingerprint density at radius 2 is 1.78 bits per heavy atom. The average Bonchev–Trinajstić information content (AvgIpc) is 2.53. The lowest BCUT2D eigenvalue weighted by Gasteiger charge is -2.10. The van der Waals surface area contributed by atoms with Crippen molar-refractivity contribution < 1.29 is 14.6 Å². The summed E-state index contributed by atoms with van der Waals surface area (Å²) in [4.78, 5) is 11.7. The van der Waals surface area contributed by atoms with E-state index in [0.29, 0.717) is 13.0 Å². The summed E-state index contributed by atoms with van der Waals surface area (Å²) < 4.78 is 5.49. The van der Waals surface area contributed by atoms with E-state index in [2.05, 4.69) is 10.6 Å². The van der Waals surface area contributed by atoms with Gasteiger partial charge in [0.1, 0.15) is 11.5 Å². The molecule has 122 valence electrons. The highest BCUT2D eigenvalue weighted by atomic mass is 16.5. The van der Waals surface area contributed by atoms with Crippen molar-refractivity contribution in [1.82, 2.24) is 10.6 Å². The minimum absolute atomic E-state index is 0.119. The van der Waals surface area contributed by atoms with Crippen LogP contribution in [0.5, 0.6) is 11.5 Å². The Labute approximate surface area is 136 Å². The quantitative estimate of drug-likeness (QED) is 0.718. The number of amides is 2. The minimum atomic E-state index is -0.271. The minimum Gasteiger partial charge on any atom is -0.508 e. The summed E-state index contributed by atoms with van der Waals surface area (Å²) in [6.45, 7) is 4.69. The number of aromatic hydroxyl groups is 1. The zero-order chi connectivity index (χ0) is 16.7. The number of urea groups is 1. The van der Waals surface area contributed by atoms with E-state index in [0.717, 1.165) is 16.9 Å². The highest BCUT2D eigenvalue weighted by molar-refractivity contribution is 5.73. The van der Waals surface area contributed by atoms with Crippen LogP contribution >= 0.6 is 0 Å². The van der Waals surface area contributed by atoms with Gasteiger partial charge in [0.2, 0.25) is 0 Å². The lowest BCUT2D eigenvalue weighted by Crippen LogP contribution is -2.38. The van der Waals surface area contributed by atoms with Gasteiger partial charge in [-0.2, -0.15) is 0 Å². The molecule has 0 aliphatic heterocycles. The first-order valence-electron chi connectivity index (χ1n) is 7.54. The van der Waals surface area contributed by atoms with Gasteiger partial charge in [-0.15, -0.1) is 0 Å². The Bertz CT molecular complexity index is 654. The molecule has 5 heteroatoms. The molecule has 0 aliphatic carbocycles. The van der Waals surface area contributed by atoms with Gasteiger partial charge in [-0.25, -0.2) is 4.79 Å². The van der Waals surface area contributed by atoms with Crippen LogP contribution in [0, 0.1) is 13.8 Å². The van der Waals surface area contributed by atoms with Crippen molar-refractivity contribution >= 4 is 6.03 Å². The molecule has 5 nitrogen and oxygen atoms in total. The van der Waals surface area contributed by atoms with Gasteiger partial charge >= 0.3 is 6.03 Å². The Morgan fingerprint density at radius 3 is 2.48 bits per heavy atom. The predicted octanol–water partition coefficient (Wildman–Crippen LogP) is 2.89. The van der Waals surface area contributed by atoms with Crippen LogP contribution in [0.25, 0.3) is 0 Å². The van der Waals surface area contributed by atoms with Crippen molar-refractivity contribution in [2.45, 2.75) is 20.3 Å². The largest absolute Gasteiger partial charge is 0.508 e. The molecule has 2 amide bonds. The number of carbonyl (C=O) groups is 1. The van der Waals surface area contributed by atoms with Gasteiger partial charge in [0.05, 0.1) is 0 Å². The molecule has 23 heavy (non-hydrogen) atoms. The number of nitrogens with one attached hydrogen (secondary N) is 2. The van der Waals surface area contributed by atoms with Crippen LogP contribution < -0.4 is 15.4 Å². The zero-order valence-electron chi connectivity index (χ0n) is 13.4. The van der Waals surface area contributed by atoms with Crippen LogP contribution in [0.1, 0.15) is 16.7 Å². The first-order valence-corrected chi connectivity index (χ1v) is 7.54. The number of benzene rings is 2. The van der Waals surface area contributed by atoms with Crippen LogP contribution in [-0.2, 0) is 6.42 Å². The van der Waals surface area contributed by atoms with Crippen LogP contribution in [0.15, 0.2) is 42.5 Å². The van der Waals surface area contributed by atoms with E-state index in [1.807, 2.05) is 44.2 Å². The van der Waals surface area contributed by atoms with Crippen molar-refractivity contribution in [1.29, 1.82) is 0 Å². The van der Waals surface area contributed by atoms with E-state index >= 15 is 0 Å². The molecule has 0 aliphatic rings. The second kappa shape index (κ2) is 8.08. The summed E-state index contributed by atoms with van der Waals surface area (Å²) in [6.07, 6.45) is 0.700. The summed E-state index contributed by atoms with van der Waals surface area (Å²) >= 11 is 0. The molecular weight excluding hydrogens is 292 g/mol. The van der Waals surface area contributed by atoms with Gasteiger partial charge in [-0.05, 0) is 61.2 Å². The number of rotatable bonds is 6. The maximum Gasteiger partial charge on any atom is 0.317 e. The number of hydrogen-bond acceptors (Lipinski definition) is 3. The maximum atomic E-state index is 11.7. The molecule has 3 N–H and O–H groups in total. The average molecular weight is 314 g/mol. The number of carbonyl (C=O) groups excluding carboxylic acids is 1. The molecule has 2 aromatic rings. The first-order chi connectivity index (χ1) is 11.0. The number of ether oxygens (including phenoxy) is 1. The number of phenolic OH excluding ortho intramolecular Hbond substituents is 1. The zero-order valence-corrected chi connectivity index (χ0v) is 13.4. The Hall–Kier alpha value is -2.69. The highest BCUT2D eigenvalue weighted by Crippen LogP contribution is 2.15. The fourth-order valence-electron chi connectivity index (χ4n) is 2.03. The third-order valence-electron chi connectivity index (χ3n) is 3.59. The normalized spacial score (nSPS) is 10.2. The fourth-order valence-corrected chi connectivity index (χ4v) is 2.03. The molecule has 0 saturated heterocycles. The molecule has 0 heterocycles. The maximum absolute atomic E-state index is 11.7. The number of phenols is 1. The third-order valence-corrected chi connectivity index (χ3v) is 3.59. The second-order valence-electron chi connectivity index (χ2n) is 5.38. The Morgan fingerprint density at radius 1 is 1.04 bits per heavy atom. The standard InChI is InChI=1S/C18H22N2O3/c1-13-3-8-17(11-14(13)2)23-12-20-18(22)19-10-9-15-4-6-16(21)7-5-15/h3-8,11,21H,9-10,12H2,1-2H3,(H2,19,20,22). The van der Waals surface area contributed by atoms with Gasteiger partial charge < -0.3 is 20.5 Å². The van der Waals surface area contributed by atoms with Crippen molar-refractivity contribution in [2.75, 3.05) is 13.3 Å². The van der Waals surface area contributed by atoms with E-state index in [1.54, 1.807) is 12.1 Å². The van der Waals surface area contributed by atoms with Crippen LogP contribution in [0.3, 0.4) is 0 Å². The number of hydrogen-bond donors (Lipinski definition) is 3. The van der Waals surface area contributed by atoms with Crippen molar-refractivity contribution in [2.24, 2.45) is 0 Å². The molecular formula is C18H22N2O3. The summed E-state index contributed by atoms with van der Waals surface area (Å²) in [5.74, 6) is 0.973. The van der Waals surface area contributed by atoms with Gasteiger partial charge in [0.25, 0.3) is 0 Å². The van der Waals surface area contributed by atoms with Gasteiger partial charge in [-0.3, -0.25) is 0 Å². The topological polar surface area (TPSA) is 70.6 Å². The van der Waals surface area contributed by atoms with E-state index in [9.17, 15) is 9.90 Å². The summed E-state index contributed by atoms with van der Waals surface area (Å²) in [6, 6.07) is 12.5. The Balaban J connectivity index is 1.65. The monoisotopic (exact) mass is 314 g/mol. The lowest BCUT2D eigenvalue weighted by atomic mass is 10.1. The second-order valence-corrected chi connectivity index (χ2v) is 5.38. The highest BCUT2D eigenvalue weighted by Gasteiger charge is 2.01. The molecule has 0 radical (unpaired) electrons. The third kappa shape index (κ3) is 5.54. The summed E-state index contributed by atoms with van der Waals surface area (Å²) in [5, 5.41) is 14.6. The van der Waals surface area contributed by atoms with E-state index < -0.39 is 0 Å². The van der Waals surface area contributed by atoms with Crippen molar-refractivity contribution in [3.63, 3.8) is 0 Å². The lowest BCUT2D eigenvalue weighted by molar-refractivity contribution is 0.224. The summed E-state index contributed by atoms with van der Waals surface area (Å²) in [7, 11) is 0. The van der Waals surface area contributed by atoms with Crippen LogP contribution in [0.4, 0.5) is 4.79 Å². The molecule has 0 spiro atoms. The fraction of sp³-hybridized carbons (Fsp3) is 0.278. The smallest absolute Gasteiger partial charge is 0.317 e. The molecule has 0 fully saturated rings. The molecule has 0 atom stereocenters. The molecule has 2 aromatic carbocycles. The Kier molecular flexibility index (Phi) is 5.86. The molecule has 2 rings (SSSR count). The van der Waals surface area contributed by atoms with Gasteiger partial charge in [0, 0.05) is 6.54 Å². The van der Waals surface area contributed by atoms with E-state index in [4.69, 9.17) is 4.74 Å². The van der Waals surface area contributed by atoms with Crippen molar-refractivity contribution in [3.8, 4) is 11.5 Å². The molecule has 0 bridgehead atoms. The van der Waals surface area contributed by atoms with E-state index in [-0.39, 0.29) is 18.5 Å².